The number of hydrogen-bond acceptors (Lipinski definition) is 12. The van der Waals surface area contributed by atoms with Gasteiger partial charge in [0.1, 0.15) is 11.9 Å². The van der Waals surface area contributed by atoms with Gasteiger partial charge >= 0.3 is 5.97 Å². The van der Waals surface area contributed by atoms with Crippen molar-refractivity contribution in [2.45, 2.75) is 82.5 Å². The molecule has 0 aliphatic carbocycles. The minimum absolute atomic E-state index is 0.138. The number of anilines is 2. The lowest BCUT2D eigenvalue weighted by molar-refractivity contribution is -0.137. The van der Waals surface area contributed by atoms with Gasteiger partial charge in [0.25, 0.3) is 11.8 Å². The Balaban J connectivity index is 0.712. The average molecular weight is 925 g/mol. The minimum Gasteiger partial charge on any atom is -0.442 e. The smallest absolute Gasteiger partial charge is 0.361 e. The molecule has 0 radical (unpaired) electrons. The highest BCUT2D eigenvalue weighted by Crippen LogP contribution is 2.31. The maximum Gasteiger partial charge on any atom is 0.361 e. The Morgan fingerprint density at radius 1 is 0.912 bits per heavy atom. The van der Waals surface area contributed by atoms with Gasteiger partial charge in [0.05, 0.1) is 24.1 Å². The molecule has 4 aliphatic rings. The highest BCUT2D eigenvalue weighted by atomic mass is 19.1. The first-order chi connectivity index (χ1) is 32.9. The molecule has 4 N–H and O–H groups in total. The number of nitrogens with one attached hydrogen (secondary N) is 2. The highest BCUT2D eigenvalue weighted by Gasteiger charge is 2.39. The molecular formula is C50H53FN10O7. The van der Waals surface area contributed by atoms with E-state index >= 15 is 0 Å². The van der Waals surface area contributed by atoms with Crippen LogP contribution >= 0.6 is 0 Å². The number of aryl methyl sites for hydroxylation is 1. The normalized spacial score (nSPS) is 18.5. The van der Waals surface area contributed by atoms with E-state index in [9.17, 15) is 33.2 Å². The third kappa shape index (κ3) is 10.4. The lowest BCUT2D eigenvalue weighted by atomic mass is 9.92. The quantitative estimate of drug-likeness (QED) is 0.0962. The number of ether oxygens (including phenoxy) is 1. The second-order valence-corrected chi connectivity index (χ2v) is 18.0. The zero-order chi connectivity index (χ0) is 47.3. The molecule has 3 saturated heterocycles. The van der Waals surface area contributed by atoms with E-state index in [-0.39, 0.29) is 41.7 Å². The standard InChI is InChI=1S/C50H53FN10O7/c51-36-8-10-37(11-9-36)55-48(65)45(33-4-2-1-3-5-33)68-50(67)44-46(52)53-28-40(56-44)35-27-54-61(30-35)38-19-22-58(23-20-38)21-16-31-17-24-59(25-18-31)43(63)15-7-32-6-12-39-34(26-32)29-60(49(39)66)41-13-14-42(62)57-47(41)64/h1-6,8-12,26-28,30-31,38,41,45H,7,13-25,29H2,(H2,52,53)(H,55,65)(H,57,62,64)/t41?,45-/m1/s1. The van der Waals surface area contributed by atoms with Crippen molar-refractivity contribution in [3.63, 3.8) is 0 Å². The van der Waals surface area contributed by atoms with Gasteiger partial charge < -0.3 is 30.5 Å². The number of carbonyl (C=O) groups is 6. The van der Waals surface area contributed by atoms with Gasteiger partial charge in [-0.2, -0.15) is 5.10 Å². The number of benzene rings is 3. The van der Waals surface area contributed by atoms with Gasteiger partial charge in [-0.1, -0.05) is 42.5 Å². The van der Waals surface area contributed by atoms with Crippen molar-refractivity contribution in [2.75, 3.05) is 43.8 Å². The van der Waals surface area contributed by atoms with Crippen LogP contribution in [0.2, 0.25) is 0 Å². The number of halogens is 1. The van der Waals surface area contributed by atoms with Gasteiger partial charge in [-0.3, -0.25) is 34.0 Å². The first-order valence-electron chi connectivity index (χ1n) is 23.2. The van der Waals surface area contributed by atoms with Crippen molar-refractivity contribution < 1.29 is 37.9 Å². The zero-order valence-electron chi connectivity index (χ0n) is 37.5. The van der Waals surface area contributed by atoms with Crippen LogP contribution in [0.25, 0.3) is 11.3 Å². The molecule has 0 saturated carbocycles. The maximum atomic E-state index is 13.6. The first kappa shape index (κ1) is 45.8. The molecule has 4 aliphatic heterocycles. The molecule has 17 nitrogen and oxygen atoms in total. The summed E-state index contributed by atoms with van der Waals surface area (Å²) in [6.45, 7) is 4.67. The fourth-order valence-electron chi connectivity index (χ4n) is 9.60. The van der Waals surface area contributed by atoms with Crippen molar-refractivity contribution >= 4 is 47.0 Å². The van der Waals surface area contributed by atoms with Gasteiger partial charge in [0, 0.05) is 74.1 Å². The van der Waals surface area contributed by atoms with Crippen LogP contribution in [0.3, 0.4) is 0 Å². The number of hydrogen-bond donors (Lipinski definition) is 3. The average Bonchev–Trinajstić information content (AvgIpc) is 3.98. The van der Waals surface area contributed by atoms with Crippen molar-refractivity contribution in [2.24, 2.45) is 5.92 Å². The van der Waals surface area contributed by atoms with E-state index in [2.05, 4.69) is 30.6 Å². The second-order valence-electron chi connectivity index (χ2n) is 18.0. The van der Waals surface area contributed by atoms with E-state index < -0.39 is 35.7 Å². The minimum atomic E-state index is -1.36. The van der Waals surface area contributed by atoms with E-state index in [1.165, 1.54) is 30.5 Å². The number of amides is 5. The summed E-state index contributed by atoms with van der Waals surface area (Å²) >= 11 is 0. The molecule has 2 aromatic heterocycles. The molecule has 68 heavy (non-hydrogen) atoms. The van der Waals surface area contributed by atoms with Crippen LogP contribution in [-0.4, -0.2) is 109 Å². The summed E-state index contributed by atoms with van der Waals surface area (Å²) in [5.41, 5.74) is 10.0. The molecule has 2 atom stereocenters. The molecule has 5 aromatic rings. The molecule has 1 unspecified atom stereocenters. The summed E-state index contributed by atoms with van der Waals surface area (Å²) in [4.78, 5) is 92.0. The molecule has 9 rings (SSSR count). The number of piperidine rings is 3. The SMILES string of the molecule is Nc1ncc(-c2cnn(C3CCN(CCC4CCN(C(=O)CCc5ccc6c(c5)CN(C5CCC(=O)NC5=O)C6=O)CC4)CC3)c2)nc1C(=O)O[C@@H](C(=O)Nc1ccc(F)cc1)c1ccccc1. The monoisotopic (exact) mass is 924 g/mol. The Labute approximate surface area is 392 Å². The zero-order valence-corrected chi connectivity index (χ0v) is 37.5. The molecule has 5 amide bonds. The van der Waals surface area contributed by atoms with E-state index in [1.807, 2.05) is 27.9 Å². The Morgan fingerprint density at radius 3 is 2.43 bits per heavy atom. The lowest BCUT2D eigenvalue weighted by Crippen LogP contribution is -2.52. The van der Waals surface area contributed by atoms with Crippen LogP contribution in [0.5, 0.6) is 0 Å². The van der Waals surface area contributed by atoms with Crippen molar-refractivity contribution in [3.05, 3.63) is 125 Å². The van der Waals surface area contributed by atoms with Gasteiger partial charge in [-0.15, -0.1) is 0 Å². The molecule has 3 fully saturated rings. The number of esters is 1. The number of carbonyl (C=O) groups excluding carboxylic acids is 6. The number of fused-ring (bicyclic) bond motifs is 1. The van der Waals surface area contributed by atoms with Crippen LogP contribution in [0.15, 0.2) is 91.4 Å². The second kappa shape index (κ2) is 20.3. The topological polar surface area (TPSA) is 215 Å². The molecule has 0 spiro atoms. The van der Waals surface area contributed by atoms with E-state index in [1.54, 1.807) is 47.5 Å². The van der Waals surface area contributed by atoms with Crippen molar-refractivity contribution in [1.82, 2.24) is 39.8 Å². The van der Waals surface area contributed by atoms with Crippen molar-refractivity contribution in [1.29, 1.82) is 0 Å². The van der Waals surface area contributed by atoms with Gasteiger partial charge in [-0.05, 0) is 98.9 Å². The number of aromatic nitrogens is 4. The van der Waals surface area contributed by atoms with Crippen LogP contribution < -0.4 is 16.4 Å². The van der Waals surface area contributed by atoms with Crippen LogP contribution in [0, 0.1) is 11.7 Å². The Hall–Kier alpha value is -7.34. The number of nitrogens with two attached hydrogens (primary N) is 1. The first-order valence-corrected chi connectivity index (χ1v) is 23.2. The third-order valence-electron chi connectivity index (χ3n) is 13.5. The summed E-state index contributed by atoms with van der Waals surface area (Å²) in [6, 6.07) is 18.9. The molecule has 352 valence electrons. The van der Waals surface area contributed by atoms with Gasteiger partial charge in [0.15, 0.2) is 11.5 Å². The molecular weight excluding hydrogens is 872 g/mol. The highest BCUT2D eigenvalue weighted by molar-refractivity contribution is 6.05. The molecule has 3 aromatic carbocycles. The molecule has 18 heteroatoms. The molecule has 6 heterocycles. The van der Waals surface area contributed by atoms with Crippen LogP contribution in [0.1, 0.15) is 101 Å². The lowest BCUT2D eigenvalue weighted by Gasteiger charge is -2.35. The maximum absolute atomic E-state index is 13.6. The summed E-state index contributed by atoms with van der Waals surface area (Å²) in [6.07, 6.45) is 10.0. The number of likely N-dealkylation sites (tertiary alicyclic amines) is 2. The number of nitrogen functional groups attached to an aromatic ring is 1. The molecule has 0 bridgehead atoms. The van der Waals surface area contributed by atoms with Crippen LogP contribution in [-0.2, 0) is 36.9 Å². The number of imide groups is 1. The van der Waals surface area contributed by atoms with Crippen molar-refractivity contribution in [3.8, 4) is 11.3 Å². The predicted molar refractivity (Wildman–Crippen MR) is 247 cm³/mol. The predicted octanol–water partition coefficient (Wildman–Crippen LogP) is 5.26. The third-order valence-corrected chi connectivity index (χ3v) is 13.5. The van der Waals surface area contributed by atoms with E-state index in [0.717, 1.165) is 76.0 Å². The summed E-state index contributed by atoms with van der Waals surface area (Å²) < 4.78 is 21.1. The number of rotatable bonds is 14. The largest absolute Gasteiger partial charge is 0.442 e. The fourth-order valence-corrected chi connectivity index (χ4v) is 9.60. The fraction of sp³-hybridized carbons (Fsp3) is 0.380. The van der Waals surface area contributed by atoms with Gasteiger partial charge in [-0.25, -0.2) is 19.2 Å². The Bertz CT molecular complexity index is 2700. The van der Waals surface area contributed by atoms with Crippen LogP contribution in [0.4, 0.5) is 15.9 Å². The summed E-state index contributed by atoms with van der Waals surface area (Å²) in [5, 5.41) is 9.65. The Morgan fingerprint density at radius 2 is 1.68 bits per heavy atom. The van der Waals surface area contributed by atoms with E-state index in [4.69, 9.17) is 10.5 Å². The van der Waals surface area contributed by atoms with Gasteiger partial charge in [0.2, 0.25) is 23.8 Å². The van der Waals surface area contributed by atoms with E-state index in [0.29, 0.717) is 59.8 Å². The summed E-state index contributed by atoms with van der Waals surface area (Å²) in [7, 11) is 0. The number of nitrogens with zero attached hydrogens (tertiary/aromatic N) is 7. The summed E-state index contributed by atoms with van der Waals surface area (Å²) in [5.74, 6) is -2.45. The Kier molecular flexibility index (Phi) is 13.6.